The number of aliphatic hydroxyl groups excluding tert-OH is 1. The summed E-state index contributed by atoms with van der Waals surface area (Å²) in [5, 5.41) is 12.8. The average molecular weight is 256 g/mol. The number of likely N-dealkylation sites (tertiary alicyclic amines) is 1. The van der Waals surface area contributed by atoms with Crippen molar-refractivity contribution in [2.45, 2.75) is 58.4 Å². The zero-order valence-corrected chi connectivity index (χ0v) is 12.5. The molecule has 0 radical (unpaired) electrons. The molecule has 0 bridgehead atoms. The number of nitrogens with one attached hydrogen (secondary N) is 1. The minimum atomic E-state index is -0.0868. The van der Waals surface area contributed by atoms with Crippen molar-refractivity contribution in [1.29, 1.82) is 0 Å². The van der Waals surface area contributed by atoms with Crippen LogP contribution in [-0.4, -0.2) is 48.3 Å². The van der Waals surface area contributed by atoms with Crippen molar-refractivity contribution < 1.29 is 5.11 Å². The van der Waals surface area contributed by atoms with Gasteiger partial charge in [-0.3, -0.25) is 0 Å². The Morgan fingerprint density at radius 3 is 2.44 bits per heavy atom. The molecule has 2 N–H and O–H groups in total. The van der Waals surface area contributed by atoms with E-state index in [9.17, 15) is 5.11 Å². The van der Waals surface area contributed by atoms with Crippen LogP contribution in [-0.2, 0) is 0 Å². The molecule has 1 aliphatic heterocycles. The number of aliphatic hydroxyl groups is 1. The fourth-order valence-electron chi connectivity index (χ4n) is 2.96. The van der Waals surface area contributed by atoms with Crippen LogP contribution in [0.25, 0.3) is 0 Å². The fourth-order valence-corrected chi connectivity index (χ4v) is 2.96. The number of hydrogen-bond donors (Lipinski definition) is 2. The fraction of sp³-hybridized carbons (Fsp3) is 1.00. The van der Waals surface area contributed by atoms with Crippen molar-refractivity contribution in [3.05, 3.63) is 0 Å². The van der Waals surface area contributed by atoms with E-state index in [2.05, 4.69) is 31.0 Å². The van der Waals surface area contributed by atoms with Gasteiger partial charge in [0.2, 0.25) is 0 Å². The average Bonchev–Trinajstić information content (AvgIpc) is 2.40. The standard InChI is InChI=1S/C15H32N2O/c1-4-14-7-11-17(12-8-14)10-6-9-15(3,13-18)16-5-2/h14,16,18H,4-13H2,1-3H3. The first-order chi connectivity index (χ1) is 8.63. The molecule has 1 rings (SSSR count). The number of piperidine rings is 1. The van der Waals surface area contributed by atoms with Crippen molar-refractivity contribution in [1.82, 2.24) is 10.2 Å². The van der Waals surface area contributed by atoms with Crippen LogP contribution in [0.5, 0.6) is 0 Å². The zero-order chi connectivity index (χ0) is 13.4. The molecule has 3 heteroatoms. The highest BCUT2D eigenvalue weighted by Gasteiger charge is 2.22. The largest absolute Gasteiger partial charge is 0.394 e. The Kier molecular flexibility index (Phi) is 7.20. The van der Waals surface area contributed by atoms with Gasteiger partial charge in [0.25, 0.3) is 0 Å². The molecule has 108 valence electrons. The maximum Gasteiger partial charge on any atom is 0.0610 e. The molecule has 3 nitrogen and oxygen atoms in total. The van der Waals surface area contributed by atoms with Gasteiger partial charge in [-0.15, -0.1) is 0 Å². The minimum Gasteiger partial charge on any atom is -0.394 e. The topological polar surface area (TPSA) is 35.5 Å². The molecule has 1 fully saturated rings. The molecule has 1 saturated heterocycles. The van der Waals surface area contributed by atoms with Crippen molar-refractivity contribution >= 4 is 0 Å². The maximum absolute atomic E-state index is 9.44. The van der Waals surface area contributed by atoms with Crippen LogP contribution in [0.1, 0.15) is 52.9 Å². The smallest absolute Gasteiger partial charge is 0.0610 e. The Hall–Kier alpha value is -0.120. The van der Waals surface area contributed by atoms with Gasteiger partial charge in [0.05, 0.1) is 6.61 Å². The van der Waals surface area contributed by atoms with Crippen molar-refractivity contribution in [2.24, 2.45) is 5.92 Å². The second-order valence-corrected chi connectivity index (χ2v) is 6.05. The highest BCUT2D eigenvalue weighted by atomic mass is 16.3. The van der Waals surface area contributed by atoms with Gasteiger partial charge < -0.3 is 15.3 Å². The van der Waals surface area contributed by atoms with E-state index in [1.54, 1.807) is 0 Å². The number of hydrogen-bond acceptors (Lipinski definition) is 3. The summed E-state index contributed by atoms with van der Waals surface area (Å²) in [7, 11) is 0. The van der Waals surface area contributed by atoms with Gasteiger partial charge in [-0.1, -0.05) is 20.3 Å². The van der Waals surface area contributed by atoms with Gasteiger partial charge in [-0.2, -0.15) is 0 Å². The van der Waals surface area contributed by atoms with Gasteiger partial charge >= 0.3 is 0 Å². The molecule has 0 aromatic rings. The lowest BCUT2D eigenvalue weighted by Crippen LogP contribution is -2.46. The molecule has 0 aromatic carbocycles. The maximum atomic E-state index is 9.44. The van der Waals surface area contributed by atoms with E-state index in [0.717, 1.165) is 18.9 Å². The van der Waals surface area contributed by atoms with Gasteiger partial charge in [0, 0.05) is 5.54 Å². The van der Waals surface area contributed by atoms with E-state index in [1.807, 2.05) is 0 Å². The van der Waals surface area contributed by atoms with E-state index in [0.29, 0.717) is 0 Å². The number of rotatable bonds is 8. The third-order valence-corrected chi connectivity index (χ3v) is 4.44. The molecule has 0 saturated carbocycles. The number of likely N-dealkylation sites (N-methyl/N-ethyl adjacent to an activating group) is 1. The van der Waals surface area contributed by atoms with Crippen LogP contribution in [0.3, 0.4) is 0 Å². The lowest BCUT2D eigenvalue weighted by atomic mass is 9.93. The Balaban J connectivity index is 2.17. The summed E-state index contributed by atoms with van der Waals surface area (Å²) in [4.78, 5) is 2.59. The van der Waals surface area contributed by atoms with Crippen LogP contribution >= 0.6 is 0 Å². The Bertz CT molecular complexity index is 215. The normalized spacial score (nSPS) is 22.0. The lowest BCUT2D eigenvalue weighted by Gasteiger charge is -2.33. The van der Waals surface area contributed by atoms with Crippen LogP contribution in [0.2, 0.25) is 0 Å². The first kappa shape index (κ1) is 15.9. The van der Waals surface area contributed by atoms with Crippen molar-refractivity contribution in [3.63, 3.8) is 0 Å². The predicted octanol–water partition coefficient (Wildman–Crippen LogP) is 2.25. The van der Waals surface area contributed by atoms with E-state index in [1.165, 1.54) is 45.3 Å². The summed E-state index contributed by atoms with van der Waals surface area (Å²) in [5.74, 6) is 0.964. The molecule has 0 amide bonds. The monoisotopic (exact) mass is 256 g/mol. The molecule has 0 spiro atoms. The van der Waals surface area contributed by atoms with E-state index < -0.39 is 0 Å². The highest BCUT2D eigenvalue weighted by Crippen LogP contribution is 2.20. The lowest BCUT2D eigenvalue weighted by molar-refractivity contribution is 0.145. The Labute approximate surface area is 113 Å². The molecular weight excluding hydrogens is 224 g/mol. The highest BCUT2D eigenvalue weighted by molar-refractivity contribution is 4.82. The van der Waals surface area contributed by atoms with Crippen molar-refractivity contribution in [3.8, 4) is 0 Å². The second-order valence-electron chi connectivity index (χ2n) is 6.05. The van der Waals surface area contributed by atoms with Crippen LogP contribution in [0, 0.1) is 5.92 Å². The Morgan fingerprint density at radius 2 is 1.94 bits per heavy atom. The van der Waals surface area contributed by atoms with Gasteiger partial charge in [-0.05, 0) is 64.7 Å². The molecule has 0 aromatic heterocycles. The summed E-state index contributed by atoms with van der Waals surface area (Å²) in [5.41, 5.74) is -0.0868. The summed E-state index contributed by atoms with van der Waals surface area (Å²) in [6.07, 6.45) is 6.34. The third-order valence-electron chi connectivity index (χ3n) is 4.44. The van der Waals surface area contributed by atoms with E-state index in [4.69, 9.17) is 0 Å². The summed E-state index contributed by atoms with van der Waals surface area (Å²) >= 11 is 0. The van der Waals surface area contributed by atoms with E-state index in [-0.39, 0.29) is 12.1 Å². The van der Waals surface area contributed by atoms with Crippen molar-refractivity contribution in [2.75, 3.05) is 32.8 Å². The first-order valence-electron chi connectivity index (χ1n) is 7.71. The number of nitrogens with zero attached hydrogens (tertiary/aromatic N) is 1. The summed E-state index contributed by atoms with van der Waals surface area (Å²) in [6, 6.07) is 0. The molecule has 1 atom stereocenters. The van der Waals surface area contributed by atoms with Crippen LogP contribution in [0.15, 0.2) is 0 Å². The summed E-state index contributed by atoms with van der Waals surface area (Å²) < 4.78 is 0. The first-order valence-corrected chi connectivity index (χ1v) is 7.71. The third kappa shape index (κ3) is 5.25. The zero-order valence-electron chi connectivity index (χ0n) is 12.5. The minimum absolute atomic E-state index is 0.0868. The summed E-state index contributed by atoms with van der Waals surface area (Å²) in [6.45, 7) is 11.4. The SMILES string of the molecule is CCNC(C)(CO)CCCN1CCC(CC)CC1. The van der Waals surface area contributed by atoms with E-state index >= 15 is 0 Å². The van der Waals surface area contributed by atoms with Crippen LogP contribution < -0.4 is 5.32 Å². The molecule has 1 aliphatic rings. The Morgan fingerprint density at radius 1 is 1.28 bits per heavy atom. The molecule has 1 unspecified atom stereocenters. The van der Waals surface area contributed by atoms with Gasteiger partial charge in [-0.25, -0.2) is 0 Å². The molecule has 0 aliphatic carbocycles. The van der Waals surface area contributed by atoms with Crippen LogP contribution in [0.4, 0.5) is 0 Å². The predicted molar refractivity (Wildman–Crippen MR) is 77.9 cm³/mol. The van der Waals surface area contributed by atoms with Gasteiger partial charge in [0.15, 0.2) is 0 Å². The van der Waals surface area contributed by atoms with Gasteiger partial charge in [0.1, 0.15) is 0 Å². The molecule has 1 heterocycles. The second kappa shape index (κ2) is 8.13. The quantitative estimate of drug-likeness (QED) is 0.699. The molecular formula is C15H32N2O. The molecule has 18 heavy (non-hydrogen) atoms.